The highest BCUT2D eigenvalue weighted by Crippen LogP contribution is 2.31. The molecule has 4 rings (SSSR count). The first-order chi connectivity index (χ1) is 15.0. The number of fused-ring (bicyclic) bond motifs is 1. The van der Waals surface area contributed by atoms with Crippen LogP contribution in [0, 0.1) is 19.8 Å². The van der Waals surface area contributed by atoms with E-state index in [1.165, 1.54) is 27.8 Å². The molecule has 0 bridgehead atoms. The van der Waals surface area contributed by atoms with E-state index in [-0.39, 0.29) is 33.7 Å². The van der Waals surface area contributed by atoms with Crippen molar-refractivity contribution in [3.8, 4) is 0 Å². The highest BCUT2D eigenvalue weighted by Gasteiger charge is 2.36. The van der Waals surface area contributed by atoms with Crippen LogP contribution in [0.25, 0.3) is 10.2 Å². The van der Waals surface area contributed by atoms with Crippen LogP contribution in [0.5, 0.6) is 0 Å². The van der Waals surface area contributed by atoms with E-state index in [0.29, 0.717) is 34.7 Å². The van der Waals surface area contributed by atoms with Crippen LogP contribution in [0.1, 0.15) is 24.3 Å². The molecule has 1 aromatic carbocycles. The predicted molar refractivity (Wildman–Crippen MR) is 119 cm³/mol. The minimum atomic E-state index is -3.83. The molecule has 2 aromatic heterocycles. The molecule has 0 radical (unpaired) electrons. The third kappa shape index (κ3) is 4.29. The fourth-order valence-electron chi connectivity index (χ4n) is 3.74. The maximum atomic E-state index is 13.1. The van der Waals surface area contributed by atoms with Gasteiger partial charge in [0.1, 0.15) is 10.6 Å². The van der Waals surface area contributed by atoms with E-state index in [9.17, 15) is 21.6 Å². The van der Waals surface area contributed by atoms with Crippen LogP contribution in [0.15, 0.2) is 32.5 Å². The van der Waals surface area contributed by atoms with E-state index in [1.807, 2.05) is 0 Å². The number of anilines is 1. The van der Waals surface area contributed by atoms with Crippen molar-refractivity contribution in [2.45, 2.75) is 36.5 Å². The number of carbonyl (C=O) groups is 1. The number of sulfone groups is 1. The van der Waals surface area contributed by atoms with Crippen molar-refractivity contribution in [1.29, 1.82) is 0 Å². The first kappa shape index (κ1) is 22.8. The van der Waals surface area contributed by atoms with Crippen LogP contribution in [0.2, 0.25) is 0 Å². The summed E-state index contributed by atoms with van der Waals surface area (Å²) in [5.41, 5.74) is 0.862. The molecule has 1 saturated heterocycles. The van der Waals surface area contributed by atoms with Gasteiger partial charge in [-0.1, -0.05) is 16.5 Å². The van der Waals surface area contributed by atoms with Gasteiger partial charge < -0.3 is 9.84 Å². The summed E-state index contributed by atoms with van der Waals surface area (Å²) in [5.74, 6) is -0.652. The number of aryl methyl sites for hydroxylation is 2. The summed E-state index contributed by atoms with van der Waals surface area (Å²) in [7, 11) is -7.18. The quantitative estimate of drug-likeness (QED) is 0.565. The molecule has 1 N–H and O–H groups in total. The average Bonchev–Trinajstić information content (AvgIpc) is 3.28. The summed E-state index contributed by atoms with van der Waals surface area (Å²) in [6, 6.07) is 4.59. The average molecular weight is 499 g/mol. The molecule has 1 fully saturated rings. The number of amides is 1. The zero-order chi connectivity index (χ0) is 23.3. The number of nitrogens with one attached hydrogen (secondary N) is 1. The number of thiazole rings is 1. The number of piperidine rings is 1. The van der Waals surface area contributed by atoms with Crippen molar-refractivity contribution < 1.29 is 26.2 Å². The number of sulfonamides is 1. The van der Waals surface area contributed by atoms with Crippen molar-refractivity contribution in [2.75, 3.05) is 24.7 Å². The number of aromatic nitrogens is 2. The van der Waals surface area contributed by atoms with E-state index < -0.39 is 25.8 Å². The molecule has 1 amide bonds. The first-order valence-corrected chi connectivity index (χ1v) is 14.0. The molecule has 0 aliphatic carbocycles. The lowest BCUT2D eigenvalue weighted by atomic mass is 9.99. The number of hydrogen-bond acceptors (Lipinski definition) is 9. The highest BCUT2D eigenvalue weighted by molar-refractivity contribution is 7.90. The first-order valence-electron chi connectivity index (χ1n) is 9.81. The van der Waals surface area contributed by atoms with Gasteiger partial charge in [0.25, 0.3) is 0 Å². The molecule has 1 aliphatic rings. The molecule has 3 heterocycles. The molecule has 3 aromatic rings. The Bertz CT molecular complexity index is 1390. The van der Waals surface area contributed by atoms with Crippen molar-refractivity contribution >= 4 is 52.5 Å². The molecule has 1 atom stereocenters. The number of nitrogens with zero attached hydrogens (tertiary/aromatic N) is 3. The molecular weight excluding hydrogens is 476 g/mol. The Balaban J connectivity index is 1.51. The smallest absolute Gasteiger partial charge is 0.248 e. The molecule has 32 heavy (non-hydrogen) atoms. The number of benzene rings is 1. The lowest BCUT2D eigenvalue weighted by Crippen LogP contribution is -2.43. The third-order valence-electron chi connectivity index (χ3n) is 5.34. The second-order valence-electron chi connectivity index (χ2n) is 7.77. The molecular formula is C19H22N4O6S3. The van der Waals surface area contributed by atoms with Crippen molar-refractivity contribution in [3.05, 3.63) is 29.7 Å². The Morgan fingerprint density at radius 3 is 2.66 bits per heavy atom. The fraction of sp³-hybridized carbons (Fsp3) is 0.421. The molecule has 1 unspecified atom stereocenters. The van der Waals surface area contributed by atoms with Gasteiger partial charge in [0.15, 0.2) is 20.7 Å². The summed E-state index contributed by atoms with van der Waals surface area (Å²) in [6.07, 6.45) is 2.21. The summed E-state index contributed by atoms with van der Waals surface area (Å²) >= 11 is 1.17. The van der Waals surface area contributed by atoms with E-state index in [4.69, 9.17) is 4.52 Å². The van der Waals surface area contributed by atoms with Crippen molar-refractivity contribution in [3.63, 3.8) is 0 Å². The molecule has 13 heteroatoms. The monoisotopic (exact) mass is 498 g/mol. The van der Waals surface area contributed by atoms with Crippen LogP contribution in [0.4, 0.5) is 5.13 Å². The molecule has 10 nitrogen and oxygen atoms in total. The van der Waals surface area contributed by atoms with Gasteiger partial charge in [-0.25, -0.2) is 21.8 Å². The minimum Gasteiger partial charge on any atom is -0.360 e. The number of hydrogen-bond donors (Lipinski definition) is 1. The van der Waals surface area contributed by atoms with E-state index >= 15 is 0 Å². The molecule has 172 valence electrons. The SMILES string of the molecule is Cc1noc(C)c1S(=O)(=O)N1CCCC(C(=O)Nc2nc3ccc(S(C)(=O)=O)cc3s2)C1. The van der Waals surface area contributed by atoms with Crippen LogP contribution in [-0.2, 0) is 24.7 Å². The standard InChI is InChI=1S/C19H22N4O6S3/c1-11-17(12(2)29-22-11)32(27,28)23-8-4-5-13(10-23)18(24)21-19-20-15-7-6-14(31(3,25)26)9-16(15)30-19/h6-7,9,13H,4-5,8,10H2,1-3H3,(H,20,21,24). The third-order valence-corrected chi connectivity index (χ3v) is 9.49. The Morgan fingerprint density at radius 2 is 2.00 bits per heavy atom. The summed E-state index contributed by atoms with van der Waals surface area (Å²) in [6.45, 7) is 3.47. The normalized spacial score (nSPS) is 18.2. The van der Waals surface area contributed by atoms with Gasteiger partial charge in [-0.3, -0.25) is 4.79 Å². The Labute approximate surface area is 189 Å². The van der Waals surface area contributed by atoms with Crippen molar-refractivity contribution in [2.24, 2.45) is 5.92 Å². The number of carbonyl (C=O) groups excluding carboxylic acids is 1. The van der Waals surface area contributed by atoms with Gasteiger partial charge in [0.05, 0.1) is 21.0 Å². The van der Waals surface area contributed by atoms with E-state index in [2.05, 4.69) is 15.5 Å². The number of rotatable bonds is 5. The van der Waals surface area contributed by atoms with Gasteiger partial charge in [-0.05, 0) is 44.9 Å². The second-order valence-corrected chi connectivity index (χ2v) is 12.7. The van der Waals surface area contributed by atoms with Gasteiger partial charge in [-0.15, -0.1) is 0 Å². The topological polar surface area (TPSA) is 140 Å². The highest BCUT2D eigenvalue weighted by atomic mass is 32.2. The maximum Gasteiger partial charge on any atom is 0.248 e. The zero-order valence-corrected chi connectivity index (χ0v) is 20.1. The van der Waals surface area contributed by atoms with Crippen LogP contribution in [0.3, 0.4) is 0 Å². The second kappa shape index (κ2) is 8.21. The van der Waals surface area contributed by atoms with E-state index in [0.717, 1.165) is 6.26 Å². The van der Waals surface area contributed by atoms with Crippen LogP contribution < -0.4 is 5.32 Å². The van der Waals surface area contributed by atoms with Crippen molar-refractivity contribution in [1.82, 2.24) is 14.4 Å². The lowest BCUT2D eigenvalue weighted by molar-refractivity contribution is -0.120. The summed E-state index contributed by atoms with van der Waals surface area (Å²) < 4.78 is 56.6. The van der Waals surface area contributed by atoms with Crippen LogP contribution in [-0.4, -0.2) is 56.5 Å². The van der Waals surface area contributed by atoms with Crippen LogP contribution >= 0.6 is 11.3 Å². The molecule has 1 aliphatic heterocycles. The zero-order valence-electron chi connectivity index (χ0n) is 17.7. The Hall–Kier alpha value is -2.35. The van der Waals surface area contributed by atoms with E-state index in [1.54, 1.807) is 19.9 Å². The predicted octanol–water partition coefficient (Wildman–Crippen LogP) is 2.34. The largest absolute Gasteiger partial charge is 0.360 e. The molecule has 0 spiro atoms. The van der Waals surface area contributed by atoms with Gasteiger partial charge >= 0.3 is 0 Å². The summed E-state index contributed by atoms with van der Waals surface area (Å²) in [5, 5.41) is 6.81. The molecule has 0 saturated carbocycles. The fourth-order valence-corrected chi connectivity index (χ4v) is 7.19. The Kier molecular flexibility index (Phi) is 5.86. The minimum absolute atomic E-state index is 0.0430. The maximum absolute atomic E-state index is 13.1. The summed E-state index contributed by atoms with van der Waals surface area (Å²) in [4.78, 5) is 17.4. The lowest BCUT2D eigenvalue weighted by Gasteiger charge is -2.30. The van der Waals surface area contributed by atoms with Gasteiger partial charge in [0, 0.05) is 19.3 Å². The van der Waals surface area contributed by atoms with Gasteiger partial charge in [-0.2, -0.15) is 4.31 Å². The Morgan fingerprint density at radius 1 is 1.25 bits per heavy atom. The van der Waals surface area contributed by atoms with Gasteiger partial charge in [0.2, 0.25) is 15.9 Å².